The number of aromatic nitrogens is 4. The fourth-order valence-corrected chi connectivity index (χ4v) is 2.40. The predicted molar refractivity (Wildman–Crippen MR) is 91.3 cm³/mol. The third-order valence-corrected chi connectivity index (χ3v) is 4.38. The Bertz CT molecular complexity index is 805. The number of benzene rings is 1. The first-order valence-electron chi connectivity index (χ1n) is 6.21. The molecule has 110 valence electrons. The van der Waals surface area contributed by atoms with Gasteiger partial charge in [-0.3, -0.25) is 4.79 Å². The fourth-order valence-electron chi connectivity index (χ4n) is 1.76. The summed E-state index contributed by atoms with van der Waals surface area (Å²) >= 11 is 8.03. The minimum atomic E-state index is -0.218. The van der Waals surface area contributed by atoms with Crippen LogP contribution in [0.2, 0.25) is 5.02 Å². The van der Waals surface area contributed by atoms with Crippen molar-refractivity contribution in [1.29, 1.82) is 0 Å². The molecule has 3 rings (SSSR count). The zero-order valence-electron chi connectivity index (χ0n) is 11.1. The topological polar surface area (TPSA) is 72.7 Å². The van der Waals surface area contributed by atoms with E-state index in [1.807, 2.05) is 0 Å². The van der Waals surface area contributed by atoms with Crippen molar-refractivity contribution in [3.8, 4) is 5.82 Å². The van der Waals surface area contributed by atoms with Crippen LogP contribution in [0.1, 0.15) is 10.4 Å². The van der Waals surface area contributed by atoms with E-state index in [0.717, 1.165) is 3.57 Å². The number of carbonyl (C=O) groups excluding carboxylic acids is 1. The second kappa shape index (κ2) is 6.41. The molecule has 0 radical (unpaired) electrons. The molecular formula is C14H9ClIN5O. The van der Waals surface area contributed by atoms with E-state index in [1.54, 1.807) is 42.9 Å². The van der Waals surface area contributed by atoms with Crippen LogP contribution >= 0.6 is 34.2 Å². The number of rotatable bonds is 3. The molecule has 0 saturated heterocycles. The van der Waals surface area contributed by atoms with E-state index in [9.17, 15) is 4.79 Å². The van der Waals surface area contributed by atoms with Gasteiger partial charge in [-0.25, -0.2) is 14.6 Å². The summed E-state index contributed by atoms with van der Waals surface area (Å²) in [6, 6.07) is 8.61. The molecule has 0 saturated carbocycles. The highest BCUT2D eigenvalue weighted by Crippen LogP contribution is 2.20. The van der Waals surface area contributed by atoms with Gasteiger partial charge in [-0.2, -0.15) is 5.10 Å². The minimum Gasteiger partial charge on any atom is -0.321 e. The number of pyridine rings is 1. The lowest BCUT2D eigenvalue weighted by molar-refractivity contribution is 0.102. The van der Waals surface area contributed by atoms with E-state index in [4.69, 9.17) is 11.6 Å². The van der Waals surface area contributed by atoms with Crippen LogP contribution in [0.4, 0.5) is 5.69 Å². The summed E-state index contributed by atoms with van der Waals surface area (Å²) < 4.78 is 2.36. The Morgan fingerprint density at radius 3 is 2.77 bits per heavy atom. The molecule has 0 fully saturated rings. The Hall–Kier alpha value is -2.00. The van der Waals surface area contributed by atoms with Gasteiger partial charge in [-0.05, 0) is 52.9 Å². The van der Waals surface area contributed by atoms with Crippen LogP contribution in [-0.2, 0) is 0 Å². The van der Waals surface area contributed by atoms with Crippen molar-refractivity contribution < 1.29 is 4.79 Å². The molecule has 0 aliphatic carbocycles. The molecule has 0 atom stereocenters. The maximum Gasteiger partial charge on any atom is 0.255 e. The number of hydrogen-bond acceptors (Lipinski definition) is 4. The van der Waals surface area contributed by atoms with Crippen molar-refractivity contribution in [2.24, 2.45) is 0 Å². The SMILES string of the molecule is O=C(Nc1ccc(-n2cncn2)nc1)c1ccc(Cl)c(I)c1. The fraction of sp³-hybridized carbons (Fsp3) is 0. The van der Waals surface area contributed by atoms with Crippen molar-refractivity contribution in [3.05, 3.63) is 63.3 Å². The first-order chi connectivity index (χ1) is 10.6. The lowest BCUT2D eigenvalue weighted by atomic mass is 10.2. The number of nitrogens with zero attached hydrogens (tertiary/aromatic N) is 4. The third kappa shape index (κ3) is 3.25. The van der Waals surface area contributed by atoms with Crippen molar-refractivity contribution in [3.63, 3.8) is 0 Å². The Kier molecular flexibility index (Phi) is 4.34. The quantitative estimate of drug-likeness (QED) is 0.654. The molecule has 1 N–H and O–H groups in total. The van der Waals surface area contributed by atoms with Crippen LogP contribution in [0, 0.1) is 3.57 Å². The minimum absolute atomic E-state index is 0.218. The molecule has 0 spiro atoms. The van der Waals surface area contributed by atoms with Crippen LogP contribution in [0.3, 0.4) is 0 Å². The monoisotopic (exact) mass is 425 g/mol. The van der Waals surface area contributed by atoms with Gasteiger partial charge in [-0.1, -0.05) is 11.6 Å². The molecule has 2 heterocycles. The average molecular weight is 426 g/mol. The maximum atomic E-state index is 12.2. The van der Waals surface area contributed by atoms with E-state index >= 15 is 0 Å². The first-order valence-corrected chi connectivity index (χ1v) is 7.66. The number of anilines is 1. The van der Waals surface area contributed by atoms with E-state index in [0.29, 0.717) is 22.1 Å². The smallest absolute Gasteiger partial charge is 0.255 e. The van der Waals surface area contributed by atoms with Gasteiger partial charge < -0.3 is 5.32 Å². The first kappa shape index (κ1) is 14.9. The third-order valence-electron chi connectivity index (χ3n) is 2.84. The summed E-state index contributed by atoms with van der Waals surface area (Å²) in [7, 11) is 0. The molecule has 1 aromatic carbocycles. The van der Waals surface area contributed by atoms with Crippen molar-refractivity contribution in [1.82, 2.24) is 19.7 Å². The van der Waals surface area contributed by atoms with Crippen molar-refractivity contribution >= 4 is 45.8 Å². The summed E-state index contributed by atoms with van der Waals surface area (Å²) in [5.74, 6) is 0.404. The molecule has 8 heteroatoms. The van der Waals surface area contributed by atoms with Crippen LogP contribution in [0.5, 0.6) is 0 Å². The Balaban J connectivity index is 1.75. The summed E-state index contributed by atoms with van der Waals surface area (Å²) in [5.41, 5.74) is 1.13. The van der Waals surface area contributed by atoms with Gasteiger partial charge in [0.15, 0.2) is 5.82 Å². The largest absolute Gasteiger partial charge is 0.321 e. The zero-order chi connectivity index (χ0) is 15.5. The van der Waals surface area contributed by atoms with Crippen molar-refractivity contribution in [2.45, 2.75) is 0 Å². The van der Waals surface area contributed by atoms with Gasteiger partial charge in [-0.15, -0.1) is 0 Å². The number of hydrogen-bond donors (Lipinski definition) is 1. The average Bonchev–Trinajstić information content (AvgIpc) is 3.05. The summed E-state index contributed by atoms with van der Waals surface area (Å²) in [6.07, 6.45) is 4.55. The van der Waals surface area contributed by atoms with Crippen molar-refractivity contribution in [2.75, 3.05) is 5.32 Å². The van der Waals surface area contributed by atoms with Crippen LogP contribution < -0.4 is 5.32 Å². The number of halogens is 2. The highest BCUT2D eigenvalue weighted by molar-refractivity contribution is 14.1. The Labute approximate surface area is 144 Å². The molecule has 2 aromatic heterocycles. The normalized spacial score (nSPS) is 10.5. The number of carbonyl (C=O) groups is 1. The molecule has 3 aromatic rings. The number of amides is 1. The molecule has 6 nitrogen and oxygen atoms in total. The lowest BCUT2D eigenvalue weighted by Gasteiger charge is -2.07. The van der Waals surface area contributed by atoms with Gasteiger partial charge in [0.05, 0.1) is 16.9 Å². The Morgan fingerprint density at radius 1 is 1.27 bits per heavy atom. The van der Waals surface area contributed by atoms with Crippen LogP contribution in [0.25, 0.3) is 5.82 Å². The van der Waals surface area contributed by atoms with Gasteiger partial charge in [0.2, 0.25) is 0 Å². The highest BCUT2D eigenvalue weighted by atomic mass is 127. The van der Waals surface area contributed by atoms with Gasteiger partial charge in [0.25, 0.3) is 5.91 Å². The highest BCUT2D eigenvalue weighted by Gasteiger charge is 2.09. The van der Waals surface area contributed by atoms with E-state index < -0.39 is 0 Å². The lowest BCUT2D eigenvalue weighted by Crippen LogP contribution is -2.12. The standard InChI is InChI=1S/C14H9ClIN5O/c15-11-3-1-9(5-12(11)16)14(22)20-10-2-4-13(18-6-10)21-8-17-7-19-21/h1-8H,(H,20,22). The Morgan fingerprint density at radius 2 is 2.14 bits per heavy atom. The van der Waals surface area contributed by atoms with Gasteiger partial charge in [0, 0.05) is 9.13 Å². The van der Waals surface area contributed by atoms with E-state index in [2.05, 4.69) is 43.0 Å². The molecule has 1 amide bonds. The second-order valence-corrected chi connectivity index (χ2v) is 5.90. The second-order valence-electron chi connectivity index (χ2n) is 4.33. The van der Waals surface area contributed by atoms with Crippen LogP contribution in [-0.4, -0.2) is 25.7 Å². The molecular weight excluding hydrogens is 417 g/mol. The molecule has 0 aliphatic heterocycles. The summed E-state index contributed by atoms with van der Waals surface area (Å²) in [5, 5.41) is 7.39. The van der Waals surface area contributed by atoms with Gasteiger partial charge in [0.1, 0.15) is 12.7 Å². The molecule has 0 aliphatic rings. The summed E-state index contributed by atoms with van der Waals surface area (Å²) in [6.45, 7) is 0. The summed E-state index contributed by atoms with van der Waals surface area (Å²) in [4.78, 5) is 20.3. The predicted octanol–water partition coefficient (Wildman–Crippen LogP) is 3.17. The van der Waals surface area contributed by atoms with Crippen LogP contribution in [0.15, 0.2) is 49.2 Å². The maximum absolute atomic E-state index is 12.2. The number of nitrogens with one attached hydrogen (secondary N) is 1. The van der Waals surface area contributed by atoms with E-state index in [-0.39, 0.29) is 5.91 Å². The van der Waals surface area contributed by atoms with Gasteiger partial charge >= 0.3 is 0 Å². The zero-order valence-corrected chi connectivity index (χ0v) is 14.0. The molecule has 22 heavy (non-hydrogen) atoms. The molecule has 0 bridgehead atoms. The molecule has 0 unspecified atom stereocenters. The van der Waals surface area contributed by atoms with E-state index in [1.165, 1.54) is 11.0 Å².